The molecule has 1 unspecified atom stereocenters. The van der Waals surface area contributed by atoms with Crippen LogP contribution in [0.4, 0.5) is 5.69 Å². The van der Waals surface area contributed by atoms with Gasteiger partial charge in [0.1, 0.15) is 10.4 Å². The topological polar surface area (TPSA) is 46.1 Å². The molecule has 2 rings (SSSR count). The fourth-order valence-corrected chi connectivity index (χ4v) is 4.40. The van der Waals surface area contributed by atoms with Gasteiger partial charge in [0, 0.05) is 10.9 Å². The predicted molar refractivity (Wildman–Crippen MR) is 103 cm³/mol. The molecule has 0 saturated heterocycles. The molecule has 7 heteroatoms. The fourth-order valence-electron chi connectivity index (χ4n) is 2.18. The highest BCUT2D eigenvalue weighted by Gasteiger charge is 2.25. The summed E-state index contributed by atoms with van der Waals surface area (Å²) in [5.74, 6) is -0.0956. The maximum Gasteiger partial charge on any atom is 0.245 e. The number of alkyl halides is 1. The SMILES string of the molecule is CCC(Cl)C(=O)N(Cc1nnc(SC(C)C)s1)c1ccccc1C. The lowest BCUT2D eigenvalue weighted by atomic mass is 10.1. The second-order valence-corrected chi connectivity index (χ2v) is 9.13. The number of nitrogens with zero attached hydrogens (tertiary/aromatic N) is 3. The second-order valence-electron chi connectivity index (χ2n) is 5.71. The first-order valence-electron chi connectivity index (χ1n) is 7.92. The largest absolute Gasteiger partial charge is 0.304 e. The van der Waals surface area contributed by atoms with Crippen molar-refractivity contribution in [2.24, 2.45) is 0 Å². The molecule has 0 saturated carbocycles. The van der Waals surface area contributed by atoms with Crippen LogP contribution in [0.3, 0.4) is 0 Å². The number of para-hydroxylation sites is 1. The van der Waals surface area contributed by atoms with Crippen molar-refractivity contribution in [3.63, 3.8) is 0 Å². The maximum absolute atomic E-state index is 12.8. The summed E-state index contributed by atoms with van der Waals surface area (Å²) < 4.78 is 0.926. The summed E-state index contributed by atoms with van der Waals surface area (Å²) in [5.41, 5.74) is 1.90. The monoisotopic (exact) mass is 383 g/mol. The number of carbonyl (C=O) groups excluding carboxylic acids is 1. The average molecular weight is 384 g/mol. The van der Waals surface area contributed by atoms with Crippen molar-refractivity contribution in [2.75, 3.05) is 4.90 Å². The highest BCUT2D eigenvalue weighted by atomic mass is 35.5. The quantitative estimate of drug-likeness (QED) is 0.504. The number of rotatable bonds is 7. The summed E-state index contributed by atoms with van der Waals surface area (Å²) in [6.07, 6.45) is 0.591. The van der Waals surface area contributed by atoms with Gasteiger partial charge in [-0.1, -0.05) is 62.1 Å². The standard InChI is InChI=1S/C17H22ClN3OS2/c1-5-13(18)16(22)21(14-9-7-6-8-12(14)4)10-15-19-20-17(24-15)23-11(2)3/h6-9,11,13H,5,10H2,1-4H3. The van der Waals surface area contributed by atoms with Crippen molar-refractivity contribution in [2.45, 2.75) is 55.6 Å². The van der Waals surface area contributed by atoms with E-state index in [1.807, 2.05) is 38.1 Å². The van der Waals surface area contributed by atoms with E-state index in [-0.39, 0.29) is 5.91 Å². The van der Waals surface area contributed by atoms with Gasteiger partial charge in [-0.15, -0.1) is 21.8 Å². The molecular weight excluding hydrogens is 362 g/mol. The number of anilines is 1. The van der Waals surface area contributed by atoms with Crippen LogP contribution in [0.2, 0.25) is 0 Å². The third-order valence-corrected chi connectivity index (χ3v) is 5.87. The van der Waals surface area contributed by atoms with Gasteiger partial charge in [-0.2, -0.15) is 0 Å². The molecule has 1 amide bonds. The molecule has 1 heterocycles. The van der Waals surface area contributed by atoms with Crippen LogP contribution in [-0.4, -0.2) is 26.7 Å². The smallest absolute Gasteiger partial charge is 0.245 e. The van der Waals surface area contributed by atoms with Gasteiger partial charge in [-0.05, 0) is 25.0 Å². The summed E-state index contributed by atoms with van der Waals surface area (Å²) in [5, 5.41) is 9.18. The Bertz CT molecular complexity index is 690. The Morgan fingerprint density at radius 3 is 2.67 bits per heavy atom. The van der Waals surface area contributed by atoms with Crippen LogP contribution in [0.1, 0.15) is 37.8 Å². The lowest BCUT2D eigenvalue weighted by Crippen LogP contribution is -2.36. The predicted octanol–water partition coefficient (Wildman–Crippen LogP) is 4.90. The molecule has 0 fully saturated rings. The van der Waals surface area contributed by atoms with Crippen LogP contribution in [0.15, 0.2) is 28.6 Å². The van der Waals surface area contributed by atoms with E-state index in [2.05, 4.69) is 24.0 Å². The van der Waals surface area contributed by atoms with E-state index in [0.717, 1.165) is 20.6 Å². The molecule has 130 valence electrons. The van der Waals surface area contributed by atoms with Gasteiger partial charge in [0.25, 0.3) is 0 Å². The highest BCUT2D eigenvalue weighted by molar-refractivity contribution is 8.01. The minimum atomic E-state index is -0.540. The minimum Gasteiger partial charge on any atom is -0.304 e. The van der Waals surface area contributed by atoms with E-state index in [0.29, 0.717) is 18.2 Å². The summed E-state index contributed by atoms with van der Waals surface area (Å²) in [7, 11) is 0. The van der Waals surface area contributed by atoms with Gasteiger partial charge < -0.3 is 4.90 Å². The van der Waals surface area contributed by atoms with Crippen molar-refractivity contribution in [1.82, 2.24) is 10.2 Å². The van der Waals surface area contributed by atoms with Crippen LogP contribution < -0.4 is 4.90 Å². The van der Waals surface area contributed by atoms with Gasteiger partial charge in [0.2, 0.25) is 5.91 Å². The molecule has 0 aliphatic heterocycles. The number of carbonyl (C=O) groups is 1. The molecule has 2 aromatic rings. The van der Waals surface area contributed by atoms with E-state index in [4.69, 9.17) is 11.6 Å². The number of aryl methyl sites for hydroxylation is 1. The molecule has 0 aliphatic rings. The minimum absolute atomic E-state index is 0.0956. The van der Waals surface area contributed by atoms with E-state index in [1.165, 1.54) is 11.3 Å². The van der Waals surface area contributed by atoms with E-state index < -0.39 is 5.38 Å². The Kier molecular flexibility index (Phi) is 7.07. The second kappa shape index (κ2) is 8.83. The van der Waals surface area contributed by atoms with Crippen LogP contribution in [-0.2, 0) is 11.3 Å². The molecule has 0 spiro atoms. The Morgan fingerprint density at radius 1 is 1.33 bits per heavy atom. The Hall–Kier alpha value is -1.11. The third kappa shape index (κ3) is 4.94. The Labute approximate surface area is 156 Å². The van der Waals surface area contributed by atoms with E-state index in [1.54, 1.807) is 16.7 Å². The van der Waals surface area contributed by atoms with Crippen molar-refractivity contribution in [1.29, 1.82) is 0 Å². The van der Waals surface area contributed by atoms with Crippen molar-refractivity contribution < 1.29 is 4.79 Å². The van der Waals surface area contributed by atoms with Gasteiger partial charge in [-0.3, -0.25) is 4.79 Å². The first-order valence-corrected chi connectivity index (χ1v) is 10.1. The molecule has 0 radical (unpaired) electrons. The number of hydrogen-bond acceptors (Lipinski definition) is 5. The number of amides is 1. The first kappa shape index (κ1) is 19.2. The van der Waals surface area contributed by atoms with Gasteiger partial charge in [-0.25, -0.2) is 0 Å². The summed E-state index contributed by atoms with van der Waals surface area (Å²) >= 11 is 9.44. The lowest BCUT2D eigenvalue weighted by Gasteiger charge is -2.25. The molecule has 0 aliphatic carbocycles. The third-order valence-electron chi connectivity index (χ3n) is 3.38. The van der Waals surface area contributed by atoms with Gasteiger partial charge >= 0.3 is 0 Å². The van der Waals surface area contributed by atoms with E-state index in [9.17, 15) is 4.79 Å². The summed E-state index contributed by atoms with van der Waals surface area (Å²) in [4.78, 5) is 14.5. The summed E-state index contributed by atoms with van der Waals surface area (Å²) in [6.45, 7) is 8.53. The molecule has 0 N–H and O–H groups in total. The van der Waals surface area contributed by atoms with E-state index >= 15 is 0 Å². The molecule has 0 bridgehead atoms. The van der Waals surface area contributed by atoms with Gasteiger partial charge in [0.15, 0.2) is 4.34 Å². The molecule has 24 heavy (non-hydrogen) atoms. The Balaban J connectivity index is 2.28. The van der Waals surface area contributed by atoms with Crippen molar-refractivity contribution in [3.8, 4) is 0 Å². The number of benzene rings is 1. The Morgan fingerprint density at radius 2 is 2.04 bits per heavy atom. The zero-order chi connectivity index (χ0) is 17.7. The first-order chi connectivity index (χ1) is 11.4. The average Bonchev–Trinajstić information content (AvgIpc) is 2.98. The van der Waals surface area contributed by atoms with Crippen molar-refractivity contribution >= 4 is 46.3 Å². The zero-order valence-electron chi connectivity index (χ0n) is 14.3. The normalized spacial score (nSPS) is 12.4. The van der Waals surface area contributed by atoms with Gasteiger partial charge in [0.05, 0.1) is 6.54 Å². The highest BCUT2D eigenvalue weighted by Crippen LogP contribution is 2.29. The molecule has 1 aromatic carbocycles. The van der Waals surface area contributed by atoms with Crippen molar-refractivity contribution in [3.05, 3.63) is 34.8 Å². The number of thioether (sulfide) groups is 1. The number of aromatic nitrogens is 2. The maximum atomic E-state index is 12.8. The molecule has 1 aromatic heterocycles. The fraction of sp³-hybridized carbons (Fsp3) is 0.471. The molecular formula is C17H22ClN3OS2. The number of halogens is 1. The molecule has 1 atom stereocenters. The number of hydrogen-bond donors (Lipinski definition) is 0. The molecule has 4 nitrogen and oxygen atoms in total. The lowest BCUT2D eigenvalue weighted by molar-refractivity contribution is -0.118. The van der Waals surface area contributed by atoms with Crippen LogP contribution in [0, 0.1) is 6.92 Å². The zero-order valence-corrected chi connectivity index (χ0v) is 16.7. The van der Waals surface area contributed by atoms with Crippen LogP contribution >= 0.6 is 34.7 Å². The van der Waals surface area contributed by atoms with Crippen LogP contribution in [0.5, 0.6) is 0 Å². The van der Waals surface area contributed by atoms with Crippen LogP contribution in [0.25, 0.3) is 0 Å². The summed E-state index contributed by atoms with van der Waals surface area (Å²) in [6, 6.07) is 7.82.